The molecule has 0 fully saturated rings. The summed E-state index contributed by atoms with van der Waals surface area (Å²) >= 11 is 7.58. The van der Waals surface area contributed by atoms with Gasteiger partial charge in [0.2, 0.25) is 0 Å². The fraction of sp³-hybridized carbons (Fsp3) is 0.0909. The molecule has 4 rings (SSSR count). The molecule has 0 spiro atoms. The topological polar surface area (TPSA) is 51.1 Å². The number of hydrogen-bond donors (Lipinski definition) is 1. The van der Waals surface area contributed by atoms with E-state index in [0.29, 0.717) is 10.6 Å². The minimum atomic E-state index is -0.334. The Morgan fingerprint density at radius 3 is 2.54 bits per heavy atom. The van der Waals surface area contributed by atoms with Crippen LogP contribution in [0.25, 0.3) is 10.9 Å². The van der Waals surface area contributed by atoms with Gasteiger partial charge >= 0.3 is 0 Å². The Morgan fingerprint density at radius 2 is 1.82 bits per heavy atom. The molecule has 140 valence electrons. The van der Waals surface area contributed by atoms with Crippen molar-refractivity contribution < 1.29 is 4.79 Å². The number of nitrogens with zero attached hydrogens (tertiary/aromatic N) is 1. The van der Waals surface area contributed by atoms with Gasteiger partial charge in [0.15, 0.2) is 0 Å². The molecule has 4 nitrogen and oxygen atoms in total. The number of aromatic nitrogens is 1. The second-order valence-electron chi connectivity index (χ2n) is 6.49. The van der Waals surface area contributed by atoms with E-state index in [0.717, 1.165) is 22.0 Å². The van der Waals surface area contributed by atoms with Gasteiger partial charge in [0.05, 0.1) is 17.1 Å². The van der Waals surface area contributed by atoms with E-state index in [4.69, 9.17) is 11.6 Å². The normalized spacial score (nSPS) is 12.1. The number of thiophene rings is 1. The SMILES string of the molecule is Cn1c(=O)cc(C(=O)NC(c2ccc(Cl)cc2)c2ccsc2)c2ccccc21. The van der Waals surface area contributed by atoms with Crippen LogP contribution in [0.1, 0.15) is 27.5 Å². The summed E-state index contributed by atoms with van der Waals surface area (Å²) in [5, 5.41) is 8.43. The summed E-state index contributed by atoms with van der Waals surface area (Å²) < 4.78 is 1.54. The van der Waals surface area contributed by atoms with Crippen molar-refractivity contribution in [1.82, 2.24) is 9.88 Å². The van der Waals surface area contributed by atoms with Gasteiger partial charge in [0.25, 0.3) is 11.5 Å². The third-order valence-corrected chi connectivity index (χ3v) is 5.71. The molecule has 2 aromatic carbocycles. The van der Waals surface area contributed by atoms with Crippen molar-refractivity contribution in [1.29, 1.82) is 0 Å². The first kappa shape index (κ1) is 18.5. The highest BCUT2D eigenvalue weighted by Crippen LogP contribution is 2.26. The van der Waals surface area contributed by atoms with Gasteiger partial charge in [-0.05, 0) is 46.2 Å². The fourth-order valence-electron chi connectivity index (χ4n) is 3.26. The van der Waals surface area contributed by atoms with Crippen molar-refractivity contribution in [2.24, 2.45) is 7.05 Å². The Balaban J connectivity index is 1.77. The van der Waals surface area contributed by atoms with E-state index in [-0.39, 0.29) is 17.5 Å². The number of amides is 1. The standard InChI is InChI=1S/C22H17ClN2O2S/c1-25-19-5-3-2-4-17(19)18(12-20(25)26)22(27)24-21(15-10-11-28-13-15)14-6-8-16(23)9-7-14/h2-13,21H,1H3,(H,24,27). The molecule has 0 saturated heterocycles. The Bertz CT molecular complexity index is 1200. The number of carbonyl (C=O) groups is 1. The van der Waals surface area contributed by atoms with Gasteiger partial charge in [0, 0.05) is 23.5 Å². The molecule has 0 aliphatic carbocycles. The largest absolute Gasteiger partial charge is 0.341 e. The van der Waals surface area contributed by atoms with E-state index >= 15 is 0 Å². The van der Waals surface area contributed by atoms with Gasteiger partial charge in [-0.15, -0.1) is 0 Å². The fourth-order valence-corrected chi connectivity index (χ4v) is 4.07. The maximum absolute atomic E-state index is 13.2. The zero-order valence-corrected chi connectivity index (χ0v) is 16.6. The van der Waals surface area contributed by atoms with Crippen LogP contribution in [0, 0.1) is 0 Å². The molecular weight excluding hydrogens is 392 g/mol. The summed E-state index contributed by atoms with van der Waals surface area (Å²) in [5.41, 5.74) is 2.77. The van der Waals surface area contributed by atoms with E-state index in [2.05, 4.69) is 5.32 Å². The molecule has 1 amide bonds. The Labute approximate surface area is 171 Å². The first-order valence-electron chi connectivity index (χ1n) is 8.72. The zero-order valence-electron chi connectivity index (χ0n) is 15.1. The lowest BCUT2D eigenvalue weighted by Gasteiger charge is -2.19. The molecule has 1 N–H and O–H groups in total. The average Bonchev–Trinajstić information content (AvgIpc) is 3.24. The predicted molar refractivity (Wildman–Crippen MR) is 114 cm³/mol. The van der Waals surface area contributed by atoms with E-state index in [1.54, 1.807) is 35.1 Å². The third kappa shape index (κ3) is 3.46. The number of hydrogen-bond acceptors (Lipinski definition) is 3. The minimum absolute atomic E-state index is 0.220. The number of nitrogens with one attached hydrogen (secondary N) is 1. The minimum Gasteiger partial charge on any atom is -0.341 e. The summed E-state index contributed by atoms with van der Waals surface area (Å²) in [6, 6.07) is 17.8. The first-order chi connectivity index (χ1) is 13.5. The lowest BCUT2D eigenvalue weighted by atomic mass is 10.00. The number of aryl methyl sites for hydroxylation is 1. The summed E-state index contributed by atoms with van der Waals surface area (Å²) in [4.78, 5) is 25.5. The van der Waals surface area contributed by atoms with E-state index < -0.39 is 0 Å². The second kappa shape index (κ2) is 7.62. The van der Waals surface area contributed by atoms with Crippen LogP contribution < -0.4 is 10.9 Å². The van der Waals surface area contributed by atoms with Gasteiger partial charge < -0.3 is 9.88 Å². The molecule has 2 heterocycles. The van der Waals surface area contributed by atoms with Gasteiger partial charge in [-0.25, -0.2) is 0 Å². The van der Waals surface area contributed by atoms with Crippen LogP contribution in [0.5, 0.6) is 0 Å². The van der Waals surface area contributed by atoms with Gasteiger partial charge in [-0.2, -0.15) is 11.3 Å². The molecule has 28 heavy (non-hydrogen) atoms. The highest BCUT2D eigenvalue weighted by molar-refractivity contribution is 7.08. The number of fused-ring (bicyclic) bond motifs is 1. The zero-order chi connectivity index (χ0) is 19.7. The Hall–Kier alpha value is -2.89. The van der Waals surface area contributed by atoms with E-state index in [9.17, 15) is 9.59 Å². The Kier molecular flexibility index (Phi) is 5.03. The monoisotopic (exact) mass is 408 g/mol. The van der Waals surface area contributed by atoms with Crippen LogP contribution in [0.2, 0.25) is 5.02 Å². The maximum atomic E-state index is 13.2. The smallest absolute Gasteiger partial charge is 0.252 e. The first-order valence-corrected chi connectivity index (χ1v) is 10.0. The van der Waals surface area contributed by atoms with Crippen LogP contribution in [-0.4, -0.2) is 10.5 Å². The molecule has 0 bridgehead atoms. The van der Waals surface area contributed by atoms with Crippen LogP contribution in [0.15, 0.2) is 76.2 Å². The second-order valence-corrected chi connectivity index (χ2v) is 7.70. The number of benzene rings is 2. The van der Waals surface area contributed by atoms with Crippen molar-refractivity contribution >= 4 is 39.7 Å². The highest BCUT2D eigenvalue weighted by Gasteiger charge is 2.20. The molecule has 0 saturated carbocycles. The molecule has 0 radical (unpaired) electrons. The molecule has 4 aromatic rings. The van der Waals surface area contributed by atoms with Gasteiger partial charge in [-0.1, -0.05) is 41.9 Å². The molecule has 2 aromatic heterocycles. The molecule has 6 heteroatoms. The maximum Gasteiger partial charge on any atom is 0.252 e. The quantitative estimate of drug-likeness (QED) is 0.528. The van der Waals surface area contributed by atoms with Gasteiger partial charge in [-0.3, -0.25) is 9.59 Å². The van der Waals surface area contributed by atoms with Gasteiger partial charge in [0.1, 0.15) is 0 Å². The van der Waals surface area contributed by atoms with Crippen molar-refractivity contribution in [2.45, 2.75) is 6.04 Å². The van der Waals surface area contributed by atoms with Crippen molar-refractivity contribution in [2.75, 3.05) is 0 Å². The molecular formula is C22H17ClN2O2S. The third-order valence-electron chi connectivity index (χ3n) is 4.75. The number of rotatable bonds is 4. The number of pyridine rings is 1. The van der Waals surface area contributed by atoms with Crippen LogP contribution in [0.3, 0.4) is 0 Å². The number of para-hydroxylation sites is 1. The van der Waals surface area contributed by atoms with Crippen molar-refractivity contribution in [3.05, 3.63) is 103 Å². The van der Waals surface area contributed by atoms with Crippen molar-refractivity contribution in [3.63, 3.8) is 0 Å². The van der Waals surface area contributed by atoms with Crippen LogP contribution in [0.4, 0.5) is 0 Å². The summed E-state index contributed by atoms with van der Waals surface area (Å²) in [5.74, 6) is -0.292. The summed E-state index contributed by atoms with van der Waals surface area (Å²) in [7, 11) is 1.70. The average molecular weight is 409 g/mol. The van der Waals surface area contributed by atoms with Crippen LogP contribution in [-0.2, 0) is 7.05 Å². The lowest BCUT2D eigenvalue weighted by Crippen LogP contribution is -2.31. The number of carbonyl (C=O) groups excluding carboxylic acids is 1. The molecule has 1 atom stereocenters. The lowest BCUT2D eigenvalue weighted by molar-refractivity contribution is 0.0944. The summed E-state index contributed by atoms with van der Waals surface area (Å²) in [6.07, 6.45) is 0. The Morgan fingerprint density at radius 1 is 1.07 bits per heavy atom. The van der Waals surface area contributed by atoms with E-state index in [1.165, 1.54) is 6.07 Å². The predicted octanol–water partition coefficient (Wildman–Crippen LogP) is 4.77. The summed E-state index contributed by atoms with van der Waals surface area (Å²) in [6.45, 7) is 0. The van der Waals surface area contributed by atoms with Crippen molar-refractivity contribution in [3.8, 4) is 0 Å². The number of halogens is 1. The van der Waals surface area contributed by atoms with E-state index in [1.807, 2.05) is 53.2 Å². The molecule has 1 unspecified atom stereocenters. The van der Waals surface area contributed by atoms with Crippen LogP contribution >= 0.6 is 22.9 Å². The molecule has 0 aliphatic rings. The molecule has 0 aliphatic heterocycles. The highest BCUT2D eigenvalue weighted by atomic mass is 35.5.